The van der Waals surface area contributed by atoms with E-state index in [1.807, 2.05) is 18.2 Å². The van der Waals surface area contributed by atoms with Crippen molar-refractivity contribution in [2.45, 2.75) is 25.0 Å². The van der Waals surface area contributed by atoms with Crippen LogP contribution in [-0.2, 0) is 22.3 Å². The SMILES string of the molecule is C=CC[C@@H]1Cc2c(cccc2OC)CC12OCCO2. The first kappa shape index (κ1) is 12.7. The van der Waals surface area contributed by atoms with Crippen LogP contribution in [0.1, 0.15) is 17.5 Å². The molecule has 0 saturated carbocycles. The van der Waals surface area contributed by atoms with Crippen molar-refractivity contribution < 1.29 is 14.2 Å². The average molecular weight is 260 g/mol. The van der Waals surface area contributed by atoms with Crippen LogP contribution in [0.4, 0.5) is 0 Å². The number of hydrogen-bond donors (Lipinski definition) is 0. The fourth-order valence-corrected chi connectivity index (χ4v) is 3.28. The van der Waals surface area contributed by atoms with Gasteiger partial charge in [0.2, 0.25) is 0 Å². The van der Waals surface area contributed by atoms with Crippen LogP contribution in [-0.4, -0.2) is 26.1 Å². The van der Waals surface area contributed by atoms with Crippen LogP contribution in [0.5, 0.6) is 5.75 Å². The van der Waals surface area contributed by atoms with Crippen LogP contribution < -0.4 is 4.74 Å². The molecule has 1 aliphatic heterocycles. The molecule has 2 aliphatic rings. The van der Waals surface area contributed by atoms with Gasteiger partial charge < -0.3 is 14.2 Å². The maximum absolute atomic E-state index is 5.97. The smallest absolute Gasteiger partial charge is 0.175 e. The minimum atomic E-state index is -0.451. The molecule has 3 nitrogen and oxygen atoms in total. The molecule has 1 fully saturated rings. The van der Waals surface area contributed by atoms with Crippen LogP contribution in [0.2, 0.25) is 0 Å². The Bertz CT molecular complexity index is 475. The zero-order chi connectivity index (χ0) is 13.3. The summed E-state index contributed by atoms with van der Waals surface area (Å²) in [6.07, 6.45) is 4.58. The number of rotatable bonds is 3. The largest absolute Gasteiger partial charge is 0.496 e. The highest BCUT2D eigenvalue weighted by Gasteiger charge is 2.47. The van der Waals surface area contributed by atoms with Crippen molar-refractivity contribution in [2.24, 2.45) is 5.92 Å². The Morgan fingerprint density at radius 3 is 2.89 bits per heavy atom. The zero-order valence-electron chi connectivity index (χ0n) is 11.4. The highest BCUT2D eigenvalue weighted by molar-refractivity contribution is 5.43. The Morgan fingerprint density at radius 2 is 2.21 bits per heavy atom. The standard InChI is InChI=1S/C16H20O3/c1-3-5-13-10-14-12(6-4-7-15(14)17-2)11-16(13)18-8-9-19-16/h3-4,6-7,13H,1,5,8-11H2,2H3/t13-/m1/s1. The van der Waals surface area contributed by atoms with Crippen LogP contribution in [0.3, 0.4) is 0 Å². The second-order valence-corrected chi connectivity index (χ2v) is 5.21. The first-order valence-corrected chi connectivity index (χ1v) is 6.82. The van der Waals surface area contributed by atoms with E-state index in [-0.39, 0.29) is 0 Å². The molecule has 1 aliphatic carbocycles. The van der Waals surface area contributed by atoms with Gasteiger partial charge in [-0.05, 0) is 30.0 Å². The lowest BCUT2D eigenvalue weighted by atomic mass is 9.77. The summed E-state index contributed by atoms with van der Waals surface area (Å²) in [5, 5.41) is 0. The van der Waals surface area contributed by atoms with E-state index in [2.05, 4.69) is 12.6 Å². The fraction of sp³-hybridized carbons (Fsp3) is 0.500. The molecule has 3 rings (SSSR count). The lowest BCUT2D eigenvalue weighted by Crippen LogP contribution is -2.45. The molecule has 3 heteroatoms. The average Bonchev–Trinajstić information content (AvgIpc) is 2.88. The molecular formula is C16H20O3. The molecule has 0 aromatic heterocycles. The quantitative estimate of drug-likeness (QED) is 0.782. The molecule has 1 atom stereocenters. The summed E-state index contributed by atoms with van der Waals surface area (Å²) >= 11 is 0. The van der Waals surface area contributed by atoms with E-state index in [1.54, 1.807) is 7.11 Å². The predicted molar refractivity (Wildman–Crippen MR) is 73.3 cm³/mol. The third-order valence-electron chi connectivity index (χ3n) is 4.19. The summed E-state index contributed by atoms with van der Waals surface area (Å²) in [7, 11) is 1.73. The van der Waals surface area contributed by atoms with E-state index in [4.69, 9.17) is 14.2 Å². The van der Waals surface area contributed by atoms with E-state index >= 15 is 0 Å². The number of fused-ring (bicyclic) bond motifs is 1. The summed E-state index contributed by atoms with van der Waals surface area (Å²) in [4.78, 5) is 0. The molecule has 0 bridgehead atoms. The van der Waals surface area contributed by atoms with Gasteiger partial charge in [-0.3, -0.25) is 0 Å². The lowest BCUT2D eigenvalue weighted by Gasteiger charge is -2.40. The highest BCUT2D eigenvalue weighted by Crippen LogP contribution is 2.43. The second kappa shape index (κ2) is 4.99. The summed E-state index contributed by atoms with van der Waals surface area (Å²) in [5.41, 5.74) is 2.57. The molecule has 1 aromatic rings. The summed E-state index contributed by atoms with van der Waals surface area (Å²) in [6.45, 7) is 5.24. The number of benzene rings is 1. The molecule has 1 heterocycles. The summed E-state index contributed by atoms with van der Waals surface area (Å²) in [6, 6.07) is 6.21. The fourth-order valence-electron chi connectivity index (χ4n) is 3.28. The Labute approximate surface area is 114 Å². The van der Waals surface area contributed by atoms with Crippen LogP contribution in [0.25, 0.3) is 0 Å². The zero-order valence-corrected chi connectivity index (χ0v) is 11.4. The summed E-state index contributed by atoms with van der Waals surface area (Å²) < 4.78 is 17.4. The van der Waals surface area contributed by atoms with Gasteiger partial charge in [-0.1, -0.05) is 18.2 Å². The number of hydrogen-bond acceptors (Lipinski definition) is 3. The van der Waals surface area contributed by atoms with Crippen LogP contribution in [0.15, 0.2) is 30.9 Å². The van der Waals surface area contributed by atoms with Gasteiger partial charge >= 0.3 is 0 Å². The van der Waals surface area contributed by atoms with Gasteiger partial charge in [0.05, 0.1) is 20.3 Å². The number of ether oxygens (including phenoxy) is 3. The van der Waals surface area contributed by atoms with Crippen molar-refractivity contribution in [1.29, 1.82) is 0 Å². The topological polar surface area (TPSA) is 27.7 Å². The molecule has 1 aromatic carbocycles. The van der Waals surface area contributed by atoms with Gasteiger partial charge in [-0.15, -0.1) is 6.58 Å². The molecule has 1 saturated heterocycles. The molecule has 0 unspecified atom stereocenters. The highest BCUT2D eigenvalue weighted by atomic mass is 16.7. The molecule has 19 heavy (non-hydrogen) atoms. The van der Waals surface area contributed by atoms with Gasteiger partial charge in [0.1, 0.15) is 5.75 Å². The minimum Gasteiger partial charge on any atom is -0.496 e. The third kappa shape index (κ3) is 2.07. The van der Waals surface area contributed by atoms with Crippen LogP contribution in [0, 0.1) is 5.92 Å². The predicted octanol–water partition coefficient (Wildman–Crippen LogP) is 2.73. The Balaban J connectivity index is 2.00. The van der Waals surface area contributed by atoms with E-state index in [0.29, 0.717) is 19.1 Å². The lowest BCUT2D eigenvalue weighted by molar-refractivity contribution is -0.198. The molecule has 0 N–H and O–H groups in total. The maximum atomic E-state index is 5.97. The van der Waals surface area contributed by atoms with E-state index in [0.717, 1.165) is 25.0 Å². The van der Waals surface area contributed by atoms with E-state index in [1.165, 1.54) is 11.1 Å². The van der Waals surface area contributed by atoms with Crippen LogP contribution >= 0.6 is 0 Å². The molecule has 0 amide bonds. The van der Waals surface area contributed by atoms with Crippen molar-refractivity contribution in [3.8, 4) is 5.75 Å². The van der Waals surface area contributed by atoms with Gasteiger partial charge in [-0.25, -0.2) is 0 Å². The van der Waals surface area contributed by atoms with E-state index < -0.39 is 5.79 Å². The van der Waals surface area contributed by atoms with Crippen molar-refractivity contribution in [3.05, 3.63) is 42.0 Å². The van der Waals surface area contributed by atoms with Gasteiger partial charge in [0.15, 0.2) is 5.79 Å². The van der Waals surface area contributed by atoms with Gasteiger partial charge in [0.25, 0.3) is 0 Å². The second-order valence-electron chi connectivity index (χ2n) is 5.21. The first-order chi connectivity index (χ1) is 9.29. The first-order valence-electron chi connectivity index (χ1n) is 6.82. The van der Waals surface area contributed by atoms with Crippen molar-refractivity contribution in [3.63, 3.8) is 0 Å². The molecule has 0 radical (unpaired) electrons. The third-order valence-corrected chi connectivity index (χ3v) is 4.19. The Morgan fingerprint density at radius 1 is 1.42 bits per heavy atom. The maximum Gasteiger partial charge on any atom is 0.175 e. The van der Waals surface area contributed by atoms with Crippen molar-refractivity contribution in [1.82, 2.24) is 0 Å². The van der Waals surface area contributed by atoms with E-state index in [9.17, 15) is 0 Å². The van der Waals surface area contributed by atoms with Gasteiger partial charge in [-0.2, -0.15) is 0 Å². The Hall–Kier alpha value is -1.32. The monoisotopic (exact) mass is 260 g/mol. The van der Waals surface area contributed by atoms with Crippen molar-refractivity contribution >= 4 is 0 Å². The Kier molecular flexibility index (Phi) is 3.33. The number of methoxy groups -OCH3 is 1. The summed E-state index contributed by atoms with van der Waals surface area (Å²) in [5.74, 6) is 0.837. The molecule has 102 valence electrons. The normalized spacial score (nSPS) is 24.2. The molecule has 1 spiro atoms. The number of allylic oxidation sites excluding steroid dienone is 1. The minimum absolute atomic E-state index is 0.316. The molecular weight excluding hydrogens is 240 g/mol. The van der Waals surface area contributed by atoms with Gasteiger partial charge in [0, 0.05) is 12.3 Å². The van der Waals surface area contributed by atoms with Crippen molar-refractivity contribution in [2.75, 3.05) is 20.3 Å².